The quantitative estimate of drug-likeness (QED) is 0.146. The average Bonchev–Trinajstić information content (AvgIpc) is 3.64. The number of nitrogens with zero attached hydrogens (tertiary/aromatic N) is 6. The maximum Gasteiger partial charge on any atom is 0.251 e. The van der Waals surface area contributed by atoms with Gasteiger partial charge in [0.25, 0.3) is 6.43 Å². The lowest BCUT2D eigenvalue weighted by molar-refractivity contribution is -0.127. The summed E-state index contributed by atoms with van der Waals surface area (Å²) in [5.74, 6) is -0.968. The number of pyridine rings is 2. The number of thiophene rings is 1. The highest BCUT2D eigenvalue weighted by atomic mass is 32.1. The van der Waals surface area contributed by atoms with Crippen molar-refractivity contribution in [2.24, 2.45) is 0 Å². The van der Waals surface area contributed by atoms with Gasteiger partial charge in [0.1, 0.15) is 17.2 Å². The number of amides is 1. The molecule has 12 heteroatoms. The Morgan fingerprint density at radius 1 is 1.17 bits per heavy atom. The normalized spacial score (nSPS) is 15.9. The molecular weight excluding hydrogens is 568 g/mol. The fraction of sp³-hybridized carbons (Fsp3) is 0.267. The summed E-state index contributed by atoms with van der Waals surface area (Å²) in [4.78, 5) is 25.2. The van der Waals surface area contributed by atoms with E-state index in [2.05, 4.69) is 11.6 Å². The van der Waals surface area contributed by atoms with Crippen molar-refractivity contribution >= 4 is 33.4 Å². The molecule has 0 aromatic carbocycles. The molecule has 0 bridgehead atoms. The predicted octanol–water partition coefficient (Wildman–Crippen LogP) is 6.17. The van der Waals surface area contributed by atoms with Gasteiger partial charge >= 0.3 is 0 Å². The minimum absolute atomic E-state index is 0.134. The third-order valence-electron chi connectivity index (χ3n) is 7.46. The number of rotatable bonds is 7. The van der Waals surface area contributed by atoms with Crippen LogP contribution in [-0.2, 0) is 30.8 Å². The average molecular weight is 595 g/mol. The Morgan fingerprint density at radius 3 is 2.81 bits per heavy atom. The summed E-state index contributed by atoms with van der Waals surface area (Å²) in [5.41, 5.74) is 5.12. The Morgan fingerprint density at radius 2 is 2.02 bits per heavy atom. The lowest BCUT2D eigenvalue weighted by atomic mass is 9.99. The first kappa shape index (κ1) is 28.0. The van der Waals surface area contributed by atoms with Crippen LogP contribution in [0.5, 0.6) is 0 Å². The van der Waals surface area contributed by atoms with Crippen LogP contribution in [0.15, 0.2) is 60.7 Å². The molecule has 0 N–H and O–H groups in total. The molecule has 1 amide bonds. The van der Waals surface area contributed by atoms with Crippen molar-refractivity contribution in [2.45, 2.75) is 32.5 Å². The number of halogens is 4. The van der Waals surface area contributed by atoms with Crippen LogP contribution in [0.3, 0.4) is 0 Å². The van der Waals surface area contributed by atoms with E-state index < -0.39 is 12.3 Å². The number of carbonyl (C=O) groups excluding carboxylic acids is 1. The Kier molecular flexibility index (Phi) is 7.74. The van der Waals surface area contributed by atoms with Crippen LogP contribution in [0.25, 0.3) is 38.8 Å². The molecule has 4 aromatic rings. The minimum atomic E-state index is -2.42. The molecule has 0 spiro atoms. The molecule has 0 fully saturated rings. The lowest BCUT2D eigenvalue weighted by Crippen LogP contribution is -2.37. The molecule has 6 heterocycles. The number of allylic oxidation sites excluding steroid dienone is 2. The summed E-state index contributed by atoms with van der Waals surface area (Å²) in [5, 5.41) is 7.36. The largest absolute Gasteiger partial charge is 0.331 e. The number of alkyl halides is 2. The van der Waals surface area contributed by atoms with E-state index in [4.69, 9.17) is 10.1 Å². The van der Waals surface area contributed by atoms with Crippen molar-refractivity contribution in [1.82, 2.24) is 29.5 Å². The molecule has 0 saturated heterocycles. The highest BCUT2D eigenvalue weighted by Crippen LogP contribution is 2.40. The van der Waals surface area contributed by atoms with Crippen molar-refractivity contribution in [2.75, 3.05) is 19.6 Å². The minimum Gasteiger partial charge on any atom is -0.331 e. The van der Waals surface area contributed by atoms with Crippen LogP contribution in [0, 0.1) is 0 Å². The summed E-state index contributed by atoms with van der Waals surface area (Å²) in [6.07, 6.45) is 3.25. The van der Waals surface area contributed by atoms with Crippen LogP contribution in [0.4, 0.5) is 17.6 Å². The second kappa shape index (κ2) is 11.6. The van der Waals surface area contributed by atoms with Gasteiger partial charge in [-0.15, -0.1) is 11.3 Å². The van der Waals surface area contributed by atoms with E-state index in [1.807, 2.05) is 23.6 Å². The number of hydrogen-bond donors (Lipinski definition) is 0. The Balaban J connectivity index is 1.49. The molecule has 0 saturated carbocycles. The highest BCUT2D eigenvalue weighted by molar-refractivity contribution is 7.17. The third-order valence-corrected chi connectivity index (χ3v) is 8.41. The fourth-order valence-electron chi connectivity index (χ4n) is 5.50. The first-order valence-corrected chi connectivity index (χ1v) is 14.2. The lowest BCUT2D eigenvalue weighted by Gasteiger charge is -2.28. The molecule has 0 unspecified atom stereocenters. The number of hydrogen-bond acceptors (Lipinski definition) is 6. The van der Waals surface area contributed by atoms with Gasteiger partial charge in [-0.3, -0.25) is 19.4 Å². The van der Waals surface area contributed by atoms with Crippen molar-refractivity contribution in [1.29, 1.82) is 0 Å². The molecule has 4 aromatic heterocycles. The van der Waals surface area contributed by atoms with E-state index >= 15 is 0 Å². The van der Waals surface area contributed by atoms with Crippen LogP contribution in [0.2, 0.25) is 0 Å². The standard InChI is InChI=1S/C30H26F4N6OS/c1-2-27(41)39-8-9-40-21(16-39)13-25(37-40)29-23(12-20(32)3-6-31)30-22(5-10-42-30)28(36-29)18-11-19-15-38(17-26(33)34)7-4-24(19)35-14-18/h2-3,5-6,10-14,26H,1,4,7-9,15-17H2/b6-3+,20-12?. The van der Waals surface area contributed by atoms with E-state index in [9.17, 15) is 22.4 Å². The summed E-state index contributed by atoms with van der Waals surface area (Å²) >= 11 is 1.39. The van der Waals surface area contributed by atoms with Gasteiger partial charge in [-0.1, -0.05) is 6.58 Å². The van der Waals surface area contributed by atoms with Crippen molar-refractivity contribution in [3.63, 3.8) is 0 Å². The third kappa shape index (κ3) is 5.39. The smallest absolute Gasteiger partial charge is 0.251 e. The number of aromatic nitrogens is 4. The van der Waals surface area contributed by atoms with Crippen LogP contribution in [0.1, 0.15) is 22.5 Å². The molecule has 42 heavy (non-hydrogen) atoms. The fourth-order valence-corrected chi connectivity index (χ4v) is 6.42. The maximum atomic E-state index is 14.7. The van der Waals surface area contributed by atoms with Gasteiger partial charge in [-0.25, -0.2) is 22.5 Å². The highest BCUT2D eigenvalue weighted by Gasteiger charge is 2.26. The molecular formula is C30H26F4N6OS. The van der Waals surface area contributed by atoms with Crippen molar-refractivity contribution in [3.8, 4) is 22.6 Å². The van der Waals surface area contributed by atoms with E-state index in [-0.39, 0.29) is 18.8 Å². The Labute approximate surface area is 243 Å². The van der Waals surface area contributed by atoms with Gasteiger partial charge in [0.15, 0.2) is 0 Å². The first-order chi connectivity index (χ1) is 20.3. The van der Waals surface area contributed by atoms with Gasteiger partial charge in [-0.05, 0) is 41.3 Å². The van der Waals surface area contributed by atoms with E-state index in [0.29, 0.717) is 67.4 Å². The van der Waals surface area contributed by atoms with E-state index in [1.165, 1.54) is 23.5 Å². The summed E-state index contributed by atoms with van der Waals surface area (Å²) < 4.78 is 56.2. The summed E-state index contributed by atoms with van der Waals surface area (Å²) in [6, 6.07) is 5.63. The zero-order valence-electron chi connectivity index (χ0n) is 22.4. The van der Waals surface area contributed by atoms with E-state index in [0.717, 1.165) is 33.1 Å². The summed E-state index contributed by atoms with van der Waals surface area (Å²) in [6.45, 7) is 5.40. The topological polar surface area (TPSA) is 67.2 Å². The number of fused-ring (bicyclic) bond motifs is 3. The molecule has 0 radical (unpaired) electrons. The molecule has 7 nitrogen and oxygen atoms in total. The van der Waals surface area contributed by atoms with Gasteiger partial charge in [0.2, 0.25) is 5.91 Å². The second-order valence-electron chi connectivity index (χ2n) is 10.1. The summed E-state index contributed by atoms with van der Waals surface area (Å²) in [7, 11) is 0. The van der Waals surface area contributed by atoms with Crippen LogP contribution >= 0.6 is 11.3 Å². The predicted molar refractivity (Wildman–Crippen MR) is 154 cm³/mol. The molecule has 6 rings (SSSR count). The maximum absolute atomic E-state index is 14.7. The zero-order valence-corrected chi connectivity index (χ0v) is 23.3. The van der Waals surface area contributed by atoms with Crippen molar-refractivity contribution in [3.05, 3.63) is 83.2 Å². The second-order valence-corrected chi connectivity index (χ2v) is 11.0. The van der Waals surface area contributed by atoms with Crippen molar-refractivity contribution < 1.29 is 22.4 Å². The van der Waals surface area contributed by atoms with Crippen LogP contribution in [-0.4, -0.2) is 61.5 Å². The molecule has 0 aliphatic carbocycles. The van der Waals surface area contributed by atoms with Gasteiger partial charge < -0.3 is 4.90 Å². The molecule has 2 aliphatic rings. The van der Waals surface area contributed by atoms with Gasteiger partial charge in [0, 0.05) is 65.2 Å². The SMILES string of the molecule is C=CC(=O)N1CCn2nc(-c3nc(-c4cnc5c(c4)CN(CC(F)F)CC5)c4ccsc4c3C=C(F)/C=C/F)cc2C1. The molecule has 2 aliphatic heterocycles. The Bertz CT molecular complexity index is 1740. The molecule has 0 atom stereocenters. The van der Waals surface area contributed by atoms with Gasteiger partial charge in [-0.2, -0.15) is 5.10 Å². The number of carbonyl (C=O) groups is 1. The zero-order chi connectivity index (χ0) is 29.4. The van der Waals surface area contributed by atoms with E-state index in [1.54, 1.807) is 20.7 Å². The monoisotopic (exact) mass is 594 g/mol. The first-order valence-electron chi connectivity index (χ1n) is 13.4. The van der Waals surface area contributed by atoms with Gasteiger partial charge in [0.05, 0.1) is 37.4 Å². The van der Waals surface area contributed by atoms with Crippen LogP contribution < -0.4 is 0 Å². The molecule has 216 valence electrons. The Hall–Kier alpha value is -4.16.